The molecule has 0 aliphatic heterocycles. The summed E-state index contributed by atoms with van der Waals surface area (Å²) in [4.78, 5) is 11.1. The predicted molar refractivity (Wildman–Crippen MR) is 81.6 cm³/mol. The lowest BCUT2D eigenvalue weighted by atomic mass is 9.79. The van der Waals surface area contributed by atoms with Crippen LogP contribution in [0.1, 0.15) is 24.0 Å². The number of hydrogen-bond donors (Lipinski definition) is 0. The van der Waals surface area contributed by atoms with Gasteiger partial charge in [0.15, 0.2) is 0 Å². The molecule has 0 heterocycles. The van der Waals surface area contributed by atoms with E-state index in [-0.39, 0.29) is 10.8 Å². The van der Waals surface area contributed by atoms with Crippen molar-refractivity contribution in [3.63, 3.8) is 0 Å². The van der Waals surface area contributed by atoms with Crippen molar-refractivity contribution < 1.29 is 4.79 Å². The number of allylic oxidation sites excluding steroid dienone is 1. The third-order valence-electron chi connectivity index (χ3n) is 4.68. The summed E-state index contributed by atoms with van der Waals surface area (Å²) < 4.78 is 0. The van der Waals surface area contributed by atoms with Crippen LogP contribution < -0.4 is 0 Å². The molecule has 0 unspecified atom stereocenters. The van der Waals surface area contributed by atoms with E-state index in [1.165, 1.54) is 11.1 Å². The average molecular weight is 262 g/mol. The molecule has 1 saturated carbocycles. The molecule has 1 heteroatoms. The second kappa shape index (κ2) is 4.75. The first-order valence-electron chi connectivity index (χ1n) is 6.97. The molecule has 2 aromatic carbocycles. The minimum Gasteiger partial charge on any atom is -0.303 e. The summed E-state index contributed by atoms with van der Waals surface area (Å²) in [7, 11) is 0. The van der Waals surface area contributed by atoms with E-state index in [9.17, 15) is 4.79 Å². The van der Waals surface area contributed by atoms with Gasteiger partial charge in [0.25, 0.3) is 0 Å². The molecule has 100 valence electrons. The molecular weight excluding hydrogens is 244 g/mol. The van der Waals surface area contributed by atoms with Gasteiger partial charge in [-0.25, -0.2) is 0 Å². The van der Waals surface area contributed by atoms with Crippen LogP contribution in [0.3, 0.4) is 0 Å². The van der Waals surface area contributed by atoms with Gasteiger partial charge in [0, 0.05) is 17.3 Å². The van der Waals surface area contributed by atoms with Crippen molar-refractivity contribution in [3.05, 3.63) is 84.4 Å². The normalized spacial score (nSPS) is 23.0. The first-order chi connectivity index (χ1) is 9.79. The quantitative estimate of drug-likeness (QED) is 0.584. The van der Waals surface area contributed by atoms with Crippen LogP contribution in [0.5, 0.6) is 0 Å². The molecule has 1 fully saturated rings. The first kappa shape index (κ1) is 12.9. The Morgan fingerprint density at radius 2 is 1.45 bits per heavy atom. The molecule has 0 N–H and O–H groups in total. The smallest absolute Gasteiger partial charge is 0.120 e. The Hall–Kier alpha value is -2.15. The molecule has 20 heavy (non-hydrogen) atoms. The van der Waals surface area contributed by atoms with Crippen molar-refractivity contribution in [2.24, 2.45) is 5.41 Å². The molecule has 0 spiro atoms. The summed E-state index contributed by atoms with van der Waals surface area (Å²) in [6.07, 6.45) is 4.48. The lowest BCUT2D eigenvalue weighted by molar-refractivity contribution is -0.108. The van der Waals surface area contributed by atoms with E-state index in [4.69, 9.17) is 0 Å². The maximum atomic E-state index is 11.1. The topological polar surface area (TPSA) is 17.1 Å². The van der Waals surface area contributed by atoms with Gasteiger partial charge in [-0.1, -0.05) is 66.7 Å². The van der Waals surface area contributed by atoms with Crippen molar-refractivity contribution >= 4 is 6.29 Å². The van der Waals surface area contributed by atoms with E-state index in [0.29, 0.717) is 6.42 Å². The van der Waals surface area contributed by atoms with Crippen molar-refractivity contribution in [1.29, 1.82) is 0 Å². The van der Waals surface area contributed by atoms with Gasteiger partial charge in [-0.15, -0.1) is 6.58 Å². The molecule has 1 aliphatic carbocycles. The Kier molecular flexibility index (Phi) is 3.06. The van der Waals surface area contributed by atoms with Crippen LogP contribution in [0.15, 0.2) is 73.3 Å². The number of aldehydes is 1. The van der Waals surface area contributed by atoms with Gasteiger partial charge in [-0.2, -0.15) is 0 Å². The van der Waals surface area contributed by atoms with Crippen LogP contribution in [0, 0.1) is 5.41 Å². The summed E-state index contributed by atoms with van der Waals surface area (Å²) in [5, 5.41) is 0. The summed E-state index contributed by atoms with van der Waals surface area (Å²) in [5.41, 5.74) is 2.30. The monoisotopic (exact) mass is 262 g/mol. The SMILES string of the molecule is C=C[C@@]1(CC=O)CC1(c1ccccc1)c1ccccc1. The van der Waals surface area contributed by atoms with Gasteiger partial charge in [0.2, 0.25) is 0 Å². The third kappa shape index (κ3) is 1.66. The fourth-order valence-electron chi connectivity index (χ4n) is 3.54. The highest BCUT2D eigenvalue weighted by atomic mass is 16.1. The largest absolute Gasteiger partial charge is 0.303 e. The van der Waals surface area contributed by atoms with Crippen LogP contribution >= 0.6 is 0 Å². The zero-order chi connectivity index (χ0) is 14.1. The van der Waals surface area contributed by atoms with Crippen molar-refractivity contribution in [2.75, 3.05) is 0 Å². The first-order valence-corrected chi connectivity index (χ1v) is 6.97. The lowest BCUT2D eigenvalue weighted by Crippen LogP contribution is -2.19. The Morgan fingerprint density at radius 3 is 1.85 bits per heavy atom. The second-order valence-electron chi connectivity index (χ2n) is 5.55. The molecule has 0 bridgehead atoms. The molecule has 3 rings (SSSR count). The van der Waals surface area contributed by atoms with E-state index in [0.717, 1.165) is 12.7 Å². The summed E-state index contributed by atoms with van der Waals surface area (Å²) in [6.45, 7) is 4.00. The highest BCUT2D eigenvalue weighted by Crippen LogP contribution is 2.70. The fourth-order valence-corrected chi connectivity index (χ4v) is 3.54. The zero-order valence-electron chi connectivity index (χ0n) is 11.5. The molecule has 0 saturated heterocycles. The van der Waals surface area contributed by atoms with E-state index in [1.54, 1.807) is 0 Å². The van der Waals surface area contributed by atoms with Crippen LogP contribution in [-0.4, -0.2) is 6.29 Å². The Labute approximate surface area is 120 Å². The second-order valence-corrected chi connectivity index (χ2v) is 5.55. The van der Waals surface area contributed by atoms with Gasteiger partial charge in [0.1, 0.15) is 6.29 Å². The fraction of sp³-hybridized carbons (Fsp3) is 0.211. The van der Waals surface area contributed by atoms with Gasteiger partial charge in [0.05, 0.1) is 0 Å². The summed E-state index contributed by atoms with van der Waals surface area (Å²) in [5.74, 6) is 0. The third-order valence-corrected chi connectivity index (χ3v) is 4.68. The van der Waals surface area contributed by atoms with Gasteiger partial charge in [-0.3, -0.25) is 0 Å². The van der Waals surface area contributed by atoms with Crippen LogP contribution in [-0.2, 0) is 10.2 Å². The van der Waals surface area contributed by atoms with E-state index in [2.05, 4.69) is 55.1 Å². The average Bonchev–Trinajstić information content (AvgIpc) is 3.20. The van der Waals surface area contributed by atoms with E-state index < -0.39 is 0 Å². The van der Waals surface area contributed by atoms with E-state index >= 15 is 0 Å². The summed E-state index contributed by atoms with van der Waals surface area (Å²) in [6, 6.07) is 20.9. The molecular formula is C19H18O. The minimum atomic E-state index is -0.141. The summed E-state index contributed by atoms with van der Waals surface area (Å²) >= 11 is 0. The maximum Gasteiger partial charge on any atom is 0.120 e. The van der Waals surface area contributed by atoms with Crippen molar-refractivity contribution in [1.82, 2.24) is 0 Å². The molecule has 1 aliphatic rings. The van der Waals surface area contributed by atoms with Gasteiger partial charge < -0.3 is 4.79 Å². The highest BCUT2D eigenvalue weighted by Gasteiger charge is 2.66. The molecule has 1 nitrogen and oxygen atoms in total. The lowest BCUT2D eigenvalue weighted by Gasteiger charge is -2.23. The molecule has 0 amide bonds. The molecule has 2 aromatic rings. The van der Waals surface area contributed by atoms with Crippen LogP contribution in [0.4, 0.5) is 0 Å². The van der Waals surface area contributed by atoms with E-state index in [1.807, 2.05) is 18.2 Å². The zero-order valence-corrected chi connectivity index (χ0v) is 11.5. The number of carbonyl (C=O) groups excluding carboxylic acids is 1. The number of carbonyl (C=O) groups is 1. The Bertz CT molecular complexity index is 575. The van der Waals surface area contributed by atoms with Gasteiger partial charge >= 0.3 is 0 Å². The maximum absolute atomic E-state index is 11.1. The predicted octanol–water partition coefficient (Wildman–Crippen LogP) is 4.14. The van der Waals surface area contributed by atoms with Crippen molar-refractivity contribution in [2.45, 2.75) is 18.3 Å². The Morgan fingerprint density at radius 1 is 0.950 bits per heavy atom. The number of rotatable bonds is 5. The minimum absolute atomic E-state index is 0.0990. The van der Waals surface area contributed by atoms with Gasteiger partial charge in [-0.05, 0) is 17.5 Å². The molecule has 1 atom stereocenters. The Balaban J connectivity index is 2.17. The standard InChI is InChI=1S/C19H18O/c1-2-18(13-14-20)15-19(18,16-9-5-3-6-10-16)17-11-7-4-8-12-17/h2-12,14H,1,13,15H2/t18-/m1/s1. The van der Waals surface area contributed by atoms with Crippen LogP contribution in [0.25, 0.3) is 0 Å². The molecule has 0 radical (unpaired) electrons. The number of benzene rings is 2. The highest BCUT2D eigenvalue weighted by molar-refractivity contribution is 5.61. The van der Waals surface area contributed by atoms with Crippen LogP contribution in [0.2, 0.25) is 0 Å². The van der Waals surface area contributed by atoms with Crippen molar-refractivity contribution in [3.8, 4) is 0 Å². The number of hydrogen-bond acceptors (Lipinski definition) is 1. The molecule has 0 aromatic heterocycles.